The number of rotatable bonds is 2. The number of ether oxygens (including phenoxy) is 1. The van der Waals surface area contributed by atoms with Gasteiger partial charge in [0, 0.05) is 23.6 Å². The van der Waals surface area contributed by atoms with Crippen molar-refractivity contribution < 1.29 is 4.74 Å². The minimum absolute atomic E-state index is 0.0532. The van der Waals surface area contributed by atoms with Crippen molar-refractivity contribution in [2.45, 2.75) is 20.0 Å². The van der Waals surface area contributed by atoms with Crippen LogP contribution in [0.1, 0.15) is 23.3 Å². The number of nitrogens with zero attached hydrogens (tertiary/aromatic N) is 3. The molecule has 1 fully saturated rings. The maximum atomic E-state index is 5.86. The number of morpholine rings is 1. The van der Waals surface area contributed by atoms with Crippen LogP contribution in [-0.2, 0) is 4.74 Å². The molecule has 2 aromatic rings. The van der Waals surface area contributed by atoms with Crippen LogP contribution in [0.5, 0.6) is 0 Å². The van der Waals surface area contributed by atoms with Gasteiger partial charge in [-0.25, -0.2) is 9.97 Å². The summed E-state index contributed by atoms with van der Waals surface area (Å²) in [6.07, 6.45) is -0.0532. The summed E-state index contributed by atoms with van der Waals surface area (Å²) in [5.74, 6) is 0.795. The zero-order valence-electron chi connectivity index (χ0n) is 11.9. The molecule has 3 rings (SSSR count). The van der Waals surface area contributed by atoms with Crippen molar-refractivity contribution in [3.63, 3.8) is 0 Å². The van der Waals surface area contributed by atoms with Crippen LogP contribution in [0.4, 0.5) is 5.69 Å². The van der Waals surface area contributed by atoms with E-state index in [2.05, 4.69) is 39.1 Å². The molecule has 0 spiro atoms. The van der Waals surface area contributed by atoms with Gasteiger partial charge in [0.15, 0.2) is 5.82 Å². The predicted molar refractivity (Wildman–Crippen MR) is 78.9 cm³/mol. The number of aromatic nitrogens is 2. The summed E-state index contributed by atoms with van der Waals surface area (Å²) in [6.45, 7) is 6.40. The van der Waals surface area contributed by atoms with Gasteiger partial charge in [0.25, 0.3) is 0 Å². The normalized spacial score (nSPS) is 19.1. The first kappa shape index (κ1) is 13.1. The molecule has 4 nitrogen and oxygen atoms in total. The monoisotopic (exact) mass is 269 g/mol. The van der Waals surface area contributed by atoms with E-state index in [0.717, 1.165) is 30.3 Å². The van der Waals surface area contributed by atoms with E-state index in [9.17, 15) is 0 Å². The fraction of sp³-hybridized carbons (Fsp3) is 0.375. The average Bonchev–Trinajstić information content (AvgIpc) is 2.47. The largest absolute Gasteiger partial charge is 0.367 e. The molecule has 0 N–H and O–H groups in total. The number of benzene rings is 1. The topological polar surface area (TPSA) is 38.2 Å². The maximum Gasteiger partial charge on any atom is 0.159 e. The molecule has 0 amide bonds. The third-order valence-corrected chi connectivity index (χ3v) is 3.48. The summed E-state index contributed by atoms with van der Waals surface area (Å²) in [5.41, 5.74) is 3.21. The highest BCUT2D eigenvalue weighted by Gasteiger charge is 2.24. The molecule has 1 atom stereocenters. The maximum absolute atomic E-state index is 5.86. The van der Waals surface area contributed by atoms with Gasteiger partial charge in [-0.15, -0.1) is 0 Å². The van der Waals surface area contributed by atoms with Crippen LogP contribution >= 0.6 is 0 Å². The zero-order valence-corrected chi connectivity index (χ0v) is 11.9. The Balaban J connectivity index is 1.81. The van der Waals surface area contributed by atoms with Gasteiger partial charge >= 0.3 is 0 Å². The Hall–Kier alpha value is -1.94. The molecule has 4 heteroatoms. The van der Waals surface area contributed by atoms with E-state index in [4.69, 9.17) is 4.74 Å². The molecule has 20 heavy (non-hydrogen) atoms. The second-order valence-electron chi connectivity index (χ2n) is 5.15. The van der Waals surface area contributed by atoms with E-state index in [1.807, 2.05) is 26.0 Å². The number of anilines is 1. The Morgan fingerprint density at radius 3 is 2.50 bits per heavy atom. The average molecular weight is 269 g/mol. The Morgan fingerprint density at radius 2 is 1.80 bits per heavy atom. The molecule has 0 aliphatic carbocycles. The van der Waals surface area contributed by atoms with Crippen molar-refractivity contribution in [1.82, 2.24) is 9.97 Å². The van der Waals surface area contributed by atoms with Crippen LogP contribution in [-0.4, -0.2) is 29.7 Å². The summed E-state index contributed by atoms with van der Waals surface area (Å²) < 4.78 is 5.86. The van der Waals surface area contributed by atoms with E-state index in [0.29, 0.717) is 6.61 Å². The third kappa shape index (κ3) is 2.80. The van der Waals surface area contributed by atoms with E-state index in [1.54, 1.807) is 0 Å². The zero-order chi connectivity index (χ0) is 13.9. The molecular weight excluding hydrogens is 250 g/mol. The van der Waals surface area contributed by atoms with Gasteiger partial charge in [0.1, 0.15) is 6.10 Å². The van der Waals surface area contributed by atoms with Gasteiger partial charge in [0.2, 0.25) is 0 Å². The lowest BCUT2D eigenvalue weighted by molar-refractivity contribution is 0.0338. The number of aryl methyl sites for hydroxylation is 2. The molecule has 1 aliphatic rings. The Morgan fingerprint density at radius 1 is 1.10 bits per heavy atom. The van der Waals surface area contributed by atoms with E-state index in [1.165, 1.54) is 5.69 Å². The predicted octanol–water partition coefficient (Wildman–Crippen LogP) is 2.67. The molecule has 0 saturated carbocycles. The molecule has 2 heterocycles. The fourth-order valence-electron chi connectivity index (χ4n) is 2.58. The highest BCUT2D eigenvalue weighted by molar-refractivity contribution is 5.46. The first-order chi connectivity index (χ1) is 9.72. The molecule has 1 aromatic carbocycles. The van der Waals surface area contributed by atoms with Gasteiger partial charge in [-0.2, -0.15) is 0 Å². The summed E-state index contributed by atoms with van der Waals surface area (Å²) in [7, 11) is 0. The van der Waals surface area contributed by atoms with Crippen LogP contribution in [0.25, 0.3) is 0 Å². The lowest BCUT2D eigenvalue weighted by Gasteiger charge is -2.33. The Bertz CT molecular complexity index is 565. The lowest BCUT2D eigenvalue weighted by atomic mass is 10.2. The first-order valence-electron chi connectivity index (χ1n) is 6.96. The third-order valence-electron chi connectivity index (χ3n) is 3.48. The highest BCUT2D eigenvalue weighted by Crippen LogP contribution is 2.24. The van der Waals surface area contributed by atoms with Crippen LogP contribution in [0.15, 0.2) is 36.4 Å². The molecule has 104 valence electrons. The lowest BCUT2D eigenvalue weighted by Crippen LogP contribution is -2.39. The minimum Gasteiger partial charge on any atom is -0.367 e. The molecule has 0 bridgehead atoms. The molecule has 0 radical (unpaired) electrons. The van der Waals surface area contributed by atoms with E-state index >= 15 is 0 Å². The quantitative estimate of drug-likeness (QED) is 0.840. The van der Waals surface area contributed by atoms with E-state index in [-0.39, 0.29) is 6.10 Å². The number of hydrogen-bond acceptors (Lipinski definition) is 4. The second kappa shape index (κ2) is 5.59. The summed E-state index contributed by atoms with van der Waals surface area (Å²) in [4.78, 5) is 11.4. The summed E-state index contributed by atoms with van der Waals surface area (Å²) in [6, 6.07) is 12.4. The van der Waals surface area contributed by atoms with Crippen molar-refractivity contribution in [2.24, 2.45) is 0 Å². The number of hydrogen-bond donors (Lipinski definition) is 0. The van der Waals surface area contributed by atoms with Gasteiger partial charge in [-0.05, 0) is 32.0 Å². The van der Waals surface area contributed by atoms with Crippen molar-refractivity contribution in [3.05, 3.63) is 53.6 Å². The van der Waals surface area contributed by atoms with Crippen molar-refractivity contribution in [1.29, 1.82) is 0 Å². The highest BCUT2D eigenvalue weighted by atomic mass is 16.5. The summed E-state index contributed by atoms with van der Waals surface area (Å²) >= 11 is 0. The molecule has 1 aliphatic heterocycles. The Labute approximate surface area is 119 Å². The second-order valence-corrected chi connectivity index (χ2v) is 5.15. The smallest absolute Gasteiger partial charge is 0.159 e. The molecule has 1 aromatic heterocycles. The van der Waals surface area contributed by atoms with Crippen LogP contribution in [0.3, 0.4) is 0 Å². The molecule has 0 unspecified atom stereocenters. The van der Waals surface area contributed by atoms with Crippen molar-refractivity contribution in [3.8, 4) is 0 Å². The molecule has 1 saturated heterocycles. The minimum atomic E-state index is -0.0532. The fourth-order valence-corrected chi connectivity index (χ4v) is 2.58. The van der Waals surface area contributed by atoms with Crippen LogP contribution in [0, 0.1) is 13.8 Å². The van der Waals surface area contributed by atoms with Crippen LogP contribution < -0.4 is 4.90 Å². The SMILES string of the molecule is Cc1cc(C)nc([C@H]2CN(c3ccccc3)CCO2)n1. The summed E-state index contributed by atoms with van der Waals surface area (Å²) in [5, 5.41) is 0. The van der Waals surface area contributed by atoms with E-state index < -0.39 is 0 Å². The van der Waals surface area contributed by atoms with Gasteiger partial charge in [0.05, 0.1) is 13.2 Å². The standard InChI is InChI=1S/C16H19N3O/c1-12-10-13(2)18-16(17-12)15-11-19(8-9-20-15)14-6-4-3-5-7-14/h3-7,10,15H,8-9,11H2,1-2H3/t15-/m1/s1. The first-order valence-corrected chi connectivity index (χ1v) is 6.96. The van der Waals surface area contributed by atoms with Gasteiger partial charge < -0.3 is 9.64 Å². The van der Waals surface area contributed by atoms with Gasteiger partial charge in [-0.3, -0.25) is 0 Å². The Kier molecular flexibility index (Phi) is 3.65. The van der Waals surface area contributed by atoms with Crippen LogP contribution in [0.2, 0.25) is 0 Å². The van der Waals surface area contributed by atoms with Gasteiger partial charge in [-0.1, -0.05) is 18.2 Å². The van der Waals surface area contributed by atoms with Crippen molar-refractivity contribution in [2.75, 3.05) is 24.6 Å². The number of para-hydroxylation sites is 1. The molecular formula is C16H19N3O. The van der Waals surface area contributed by atoms with Crippen molar-refractivity contribution >= 4 is 5.69 Å².